The average Bonchev–Trinajstić information content (AvgIpc) is 2.23. The Hall–Kier alpha value is -0.0800. The first-order valence-electron chi connectivity index (χ1n) is 6.67. The Labute approximate surface area is 100 Å². The molecular weight excluding hydrogens is 200 g/mol. The zero-order valence-corrected chi connectivity index (χ0v) is 11.3. The Kier molecular flexibility index (Phi) is 5.26. The summed E-state index contributed by atoms with van der Waals surface area (Å²) in [5.74, 6) is 0.966. The summed E-state index contributed by atoms with van der Waals surface area (Å²) < 4.78 is 5.87. The van der Waals surface area contributed by atoms with Crippen molar-refractivity contribution in [2.75, 3.05) is 13.2 Å². The predicted octanol–water partition coefficient (Wildman–Crippen LogP) is 3.24. The van der Waals surface area contributed by atoms with Gasteiger partial charge in [0.25, 0.3) is 0 Å². The first-order valence-corrected chi connectivity index (χ1v) is 6.67. The van der Waals surface area contributed by atoms with Crippen molar-refractivity contribution in [2.45, 2.75) is 59.5 Å². The fourth-order valence-corrected chi connectivity index (χ4v) is 2.66. The van der Waals surface area contributed by atoms with Gasteiger partial charge < -0.3 is 9.84 Å². The smallest absolute Gasteiger partial charge is 0.0575 e. The van der Waals surface area contributed by atoms with Gasteiger partial charge in [0.1, 0.15) is 0 Å². The molecule has 1 N–H and O–H groups in total. The van der Waals surface area contributed by atoms with E-state index in [0.29, 0.717) is 24.0 Å². The van der Waals surface area contributed by atoms with Gasteiger partial charge in [-0.25, -0.2) is 0 Å². The molecule has 0 aromatic carbocycles. The Morgan fingerprint density at radius 2 is 2.06 bits per heavy atom. The molecule has 0 heterocycles. The van der Waals surface area contributed by atoms with Gasteiger partial charge in [0.2, 0.25) is 0 Å². The van der Waals surface area contributed by atoms with E-state index in [-0.39, 0.29) is 12.5 Å². The number of ether oxygens (including phenoxy) is 1. The summed E-state index contributed by atoms with van der Waals surface area (Å²) in [5.41, 5.74) is 0.489. The zero-order chi connectivity index (χ0) is 12.2. The molecule has 0 aromatic heterocycles. The van der Waals surface area contributed by atoms with E-state index in [1.54, 1.807) is 0 Å². The second-order valence-corrected chi connectivity index (χ2v) is 6.35. The van der Waals surface area contributed by atoms with Crippen LogP contribution in [0, 0.1) is 17.3 Å². The highest BCUT2D eigenvalue weighted by molar-refractivity contribution is 4.82. The molecule has 3 atom stereocenters. The molecule has 1 aliphatic rings. The summed E-state index contributed by atoms with van der Waals surface area (Å²) in [6, 6.07) is 0. The van der Waals surface area contributed by atoms with E-state index in [4.69, 9.17) is 9.84 Å². The second-order valence-electron chi connectivity index (χ2n) is 6.35. The van der Waals surface area contributed by atoms with Crippen molar-refractivity contribution < 1.29 is 9.84 Å². The standard InChI is InChI=1S/C14H28O2/c1-11(9-15)10-16-12(2)13-6-5-7-14(3,4)8-13/h11-13,15H,5-10H2,1-4H3. The van der Waals surface area contributed by atoms with Gasteiger partial charge in [0, 0.05) is 12.5 Å². The van der Waals surface area contributed by atoms with E-state index < -0.39 is 0 Å². The molecule has 16 heavy (non-hydrogen) atoms. The minimum absolute atomic E-state index is 0.225. The van der Waals surface area contributed by atoms with Crippen LogP contribution in [-0.2, 0) is 4.74 Å². The van der Waals surface area contributed by atoms with Crippen LogP contribution in [0.25, 0.3) is 0 Å². The van der Waals surface area contributed by atoms with Crippen molar-refractivity contribution in [1.82, 2.24) is 0 Å². The van der Waals surface area contributed by atoms with Gasteiger partial charge >= 0.3 is 0 Å². The van der Waals surface area contributed by atoms with Gasteiger partial charge in [-0.05, 0) is 37.5 Å². The largest absolute Gasteiger partial charge is 0.396 e. The summed E-state index contributed by atoms with van der Waals surface area (Å²) in [6.07, 6.45) is 5.61. The lowest BCUT2D eigenvalue weighted by molar-refractivity contribution is -0.0257. The molecule has 96 valence electrons. The van der Waals surface area contributed by atoms with Crippen molar-refractivity contribution in [1.29, 1.82) is 0 Å². The fraction of sp³-hybridized carbons (Fsp3) is 1.00. The highest BCUT2D eigenvalue weighted by atomic mass is 16.5. The fourth-order valence-electron chi connectivity index (χ4n) is 2.66. The lowest BCUT2D eigenvalue weighted by Gasteiger charge is -2.38. The van der Waals surface area contributed by atoms with Gasteiger partial charge in [0.15, 0.2) is 0 Å². The van der Waals surface area contributed by atoms with Crippen LogP contribution in [0.2, 0.25) is 0 Å². The molecule has 1 saturated carbocycles. The van der Waals surface area contributed by atoms with E-state index in [1.807, 2.05) is 6.92 Å². The Morgan fingerprint density at radius 3 is 2.62 bits per heavy atom. The van der Waals surface area contributed by atoms with Crippen LogP contribution in [0.3, 0.4) is 0 Å². The molecule has 0 radical (unpaired) electrons. The van der Waals surface area contributed by atoms with Crippen molar-refractivity contribution in [3.8, 4) is 0 Å². The van der Waals surface area contributed by atoms with Crippen molar-refractivity contribution >= 4 is 0 Å². The first-order chi connectivity index (χ1) is 7.44. The third-order valence-corrected chi connectivity index (χ3v) is 3.86. The van der Waals surface area contributed by atoms with Crippen LogP contribution in [0.4, 0.5) is 0 Å². The van der Waals surface area contributed by atoms with E-state index >= 15 is 0 Å². The molecule has 0 amide bonds. The molecule has 1 aliphatic carbocycles. The third-order valence-electron chi connectivity index (χ3n) is 3.86. The molecule has 1 fully saturated rings. The van der Waals surface area contributed by atoms with Crippen LogP contribution in [0.5, 0.6) is 0 Å². The quantitative estimate of drug-likeness (QED) is 0.783. The van der Waals surface area contributed by atoms with Crippen LogP contribution in [0.15, 0.2) is 0 Å². The SMILES string of the molecule is CC(CO)COC(C)C1CCCC(C)(C)C1. The molecule has 3 unspecified atom stereocenters. The maximum absolute atomic E-state index is 8.96. The monoisotopic (exact) mass is 228 g/mol. The molecule has 2 nitrogen and oxygen atoms in total. The molecular formula is C14H28O2. The van der Waals surface area contributed by atoms with Crippen LogP contribution in [-0.4, -0.2) is 24.4 Å². The first kappa shape index (κ1) is 14.0. The topological polar surface area (TPSA) is 29.5 Å². The number of aliphatic hydroxyl groups is 1. The number of rotatable bonds is 5. The number of hydrogen-bond donors (Lipinski definition) is 1. The normalized spacial score (nSPS) is 28.7. The maximum Gasteiger partial charge on any atom is 0.0575 e. The molecule has 0 bridgehead atoms. The molecule has 0 spiro atoms. The Balaban J connectivity index is 2.33. The summed E-state index contributed by atoms with van der Waals surface area (Å²) >= 11 is 0. The van der Waals surface area contributed by atoms with E-state index in [0.717, 1.165) is 0 Å². The Bertz CT molecular complexity index is 201. The van der Waals surface area contributed by atoms with Crippen molar-refractivity contribution in [3.05, 3.63) is 0 Å². The average molecular weight is 228 g/mol. The number of hydrogen-bond acceptors (Lipinski definition) is 2. The van der Waals surface area contributed by atoms with Gasteiger partial charge in [-0.3, -0.25) is 0 Å². The minimum Gasteiger partial charge on any atom is -0.396 e. The summed E-state index contributed by atoms with van der Waals surface area (Å²) in [5, 5.41) is 8.96. The van der Waals surface area contributed by atoms with E-state index in [1.165, 1.54) is 25.7 Å². The Morgan fingerprint density at radius 1 is 1.38 bits per heavy atom. The summed E-state index contributed by atoms with van der Waals surface area (Å²) in [4.78, 5) is 0. The molecule has 0 aliphatic heterocycles. The molecule has 1 rings (SSSR count). The molecule has 2 heteroatoms. The third kappa shape index (κ3) is 4.42. The second kappa shape index (κ2) is 6.02. The van der Waals surface area contributed by atoms with Crippen molar-refractivity contribution in [3.63, 3.8) is 0 Å². The van der Waals surface area contributed by atoms with E-state index in [2.05, 4.69) is 20.8 Å². The summed E-state index contributed by atoms with van der Waals surface area (Å²) in [7, 11) is 0. The zero-order valence-electron chi connectivity index (χ0n) is 11.3. The van der Waals surface area contributed by atoms with Crippen LogP contribution >= 0.6 is 0 Å². The lowest BCUT2D eigenvalue weighted by Crippen LogP contribution is -2.31. The number of aliphatic hydroxyl groups excluding tert-OH is 1. The highest BCUT2D eigenvalue weighted by Crippen LogP contribution is 2.40. The minimum atomic E-state index is 0.225. The maximum atomic E-state index is 8.96. The van der Waals surface area contributed by atoms with Crippen LogP contribution in [0.1, 0.15) is 53.4 Å². The van der Waals surface area contributed by atoms with Gasteiger partial charge in [0.05, 0.1) is 12.7 Å². The molecule has 0 aromatic rings. The lowest BCUT2D eigenvalue weighted by atomic mass is 9.71. The predicted molar refractivity (Wildman–Crippen MR) is 67.4 cm³/mol. The van der Waals surface area contributed by atoms with Gasteiger partial charge in [-0.2, -0.15) is 0 Å². The highest BCUT2D eigenvalue weighted by Gasteiger charge is 2.31. The van der Waals surface area contributed by atoms with Crippen molar-refractivity contribution in [2.24, 2.45) is 17.3 Å². The van der Waals surface area contributed by atoms with Gasteiger partial charge in [-0.1, -0.05) is 27.2 Å². The summed E-state index contributed by atoms with van der Waals surface area (Å²) in [6.45, 7) is 9.86. The molecule has 0 saturated heterocycles. The van der Waals surface area contributed by atoms with Crippen LogP contribution < -0.4 is 0 Å². The van der Waals surface area contributed by atoms with Gasteiger partial charge in [-0.15, -0.1) is 0 Å². The van der Waals surface area contributed by atoms with E-state index in [9.17, 15) is 0 Å².